The van der Waals surface area contributed by atoms with E-state index in [1.54, 1.807) is 17.1 Å². The molecule has 3 aromatic heterocycles. The second-order valence-electron chi connectivity index (χ2n) is 11.5. The van der Waals surface area contributed by atoms with E-state index in [-0.39, 0.29) is 22.9 Å². The fraction of sp³-hybridized carbons (Fsp3) is 0.323. The van der Waals surface area contributed by atoms with Crippen LogP contribution in [0.2, 0.25) is 0 Å². The number of hydrogen-bond acceptors (Lipinski definition) is 5. The number of carbonyl (C=O) groups excluding carboxylic acids is 1. The summed E-state index contributed by atoms with van der Waals surface area (Å²) in [5.74, 6) is 1.19. The molecular weight excluding hydrogens is 488 g/mol. The molecule has 1 saturated heterocycles. The highest BCUT2D eigenvalue weighted by Gasteiger charge is 2.60. The summed E-state index contributed by atoms with van der Waals surface area (Å²) in [7, 11) is 1.82. The molecule has 4 heterocycles. The summed E-state index contributed by atoms with van der Waals surface area (Å²) in [6.45, 7) is 1.52. The normalized spacial score (nSPS) is 22.3. The van der Waals surface area contributed by atoms with E-state index in [2.05, 4.69) is 52.5 Å². The molecule has 8 nitrogen and oxygen atoms in total. The van der Waals surface area contributed by atoms with Crippen molar-refractivity contribution in [3.05, 3.63) is 77.3 Å². The first-order valence-electron chi connectivity index (χ1n) is 13.7. The molecule has 8 rings (SSSR count). The molecule has 39 heavy (non-hydrogen) atoms. The first-order chi connectivity index (χ1) is 19.0. The standard InChI is InChI=1S/C31H28N6O2/c1-35-28-24(17-33-35)30(39)37(26-16-31(26)12-14-36(18-31)29(38)21-8-9-21)27(34-28)20-6-4-19(5-7-20)22-10-11-25-23(15-22)3-2-13-32-25/h2-7,10-11,13,15,17,21,26H,8-9,12,14,16,18H2,1H3. The fourth-order valence-corrected chi connectivity index (χ4v) is 6.46. The number of amides is 1. The highest BCUT2D eigenvalue weighted by atomic mass is 16.2. The minimum Gasteiger partial charge on any atom is -0.342 e. The Morgan fingerprint density at radius 2 is 1.82 bits per heavy atom. The minimum absolute atomic E-state index is 0.0294. The maximum atomic E-state index is 13.9. The van der Waals surface area contributed by atoms with Gasteiger partial charge in [0.25, 0.3) is 5.56 Å². The Morgan fingerprint density at radius 1 is 1.03 bits per heavy atom. The topological polar surface area (TPSA) is 85.9 Å². The molecule has 1 amide bonds. The van der Waals surface area contributed by atoms with Gasteiger partial charge in [0.05, 0.1) is 11.7 Å². The Bertz CT molecular complexity index is 1850. The van der Waals surface area contributed by atoms with E-state index in [4.69, 9.17) is 4.98 Å². The van der Waals surface area contributed by atoms with Gasteiger partial charge in [-0.2, -0.15) is 5.10 Å². The zero-order valence-electron chi connectivity index (χ0n) is 21.7. The SMILES string of the molecule is Cn1ncc2c(=O)n(C3CC34CCN(C(=O)C3CC3)C4)c(-c3ccc(-c4ccc5ncccc5c4)cc3)nc21. The smallest absolute Gasteiger partial charge is 0.265 e. The largest absolute Gasteiger partial charge is 0.342 e. The first kappa shape index (κ1) is 22.6. The lowest BCUT2D eigenvalue weighted by molar-refractivity contribution is -0.131. The molecule has 2 saturated carbocycles. The summed E-state index contributed by atoms with van der Waals surface area (Å²) < 4.78 is 3.56. The van der Waals surface area contributed by atoms with Crippen LogP contribution in [0, 0.1) is 11.3 Å². The molecule has 2 atom stereocenters. The van der Waals surface area contributed by atoms with Gasteiger partial charge in [0.2, 0.25) is 5.91 Å². The van der Waals surface area contributed by atoms with Crippen molar-refractivity contribution in [1.29, 1.82) is 0 Å². The quantitative estimate of drug-likeness (QED) is 0.349. The van der Waals surface area contributed by atoms with Gasteiger partial charge in [-0.3, -0.25) is 23.8 Å². The predicted octanol–water partition coefficient (Wildman–Crippen LogP) is 4.59. The van der Waals surface area contributed by atoms with Crippen LogP contribution in [0.1, 0.15) is 31.7 Å². The molecule has 0 N–H and O–H groups in total. The molecule has 2 unspecified atom stereocenters. The number of rotatable bonds is 4. The average Bonchev–Trinajstić information content (AvgIpc) is 3.85. The maximum Gasteiger partial charge on any atom is 0.265 e. The van der Waals surface area contributed by atoms with Crippen LogP contribution in [0.15, 0.2) is 71.8 Å². The highest BCUT2D eigenvalue weighted by molar-refractivity contribution is 5.85. The number of aryl methyl sites for hydroxylation is 1. The lowest BCUT2D eigenvalue weighted by Crippen LogP contribution is -2.31. The van der Waals surface area contributed by atoms with Gasteiger partial charge >= 0.3 is 0 Å². The lowest BCUT2D eigenvalue weighted by atomic mass is 10.0. The van der Waals surface area contributed by atoms with Crippen molar-refractivity contribution >= 4 is 27.8 Å². The van der Waals surface area contributed by atoms with Gasteiger partial charge in [0.15, 0.2) is 5.65 Å². The Kier molecular flexibility index (Phi) is 4.69. The van der Waals surface area contributed by atoms with Crippen LogP contribution in [-0.4, -0.2) is 48.2 Å². The van der Waals surface area contributed by atoms with Crippen LogP contribution in [0.5, 0.6) is 0 Å². The summed E-state index contributed by atoms with van der Waals surface area (Å²) in [5.41, 5.74) is 4.56. The highest BCUT2D eigenvalue weighted by Crippen LogP contribution is 2.62. The van der Waals surface area contributed by atoms with Crippen molar-refractivity contribution in [1.82, 2.24) is 29.2 Å². The summed E-state index contributed by atoms with van der Waals surface area (Å²) in [6.07, 6.45) is 7.29. The molecule has 2 aromatic carbocycles. The van der Waals surface area contributed by atoms with Gasteiger partial charge in [0.1, 0.15) is 11.2 Å². The van der Waals surface area contributed by atoms with E-state index < -0.39 is 0 Å². The molecule has 2 aliphatic carbocycles. The number of hydrogen-bond donors (Lipinski definition) is 0. The van der Waals surface area contributed by atoms with Gasteiger partial charge in [-0.05, 0) is 55.0 Å². The van der Waals surface area contributed by atoms with Crippen LogP contribution in [0.3, 0.4) is 0 Å². The van der Waals surface area contributed by atoms with Gasteiger partial charge in [0, 0.05) is 54.7 Å². The van der Waals surface area contributed by atoms with Crippen molar-refractivity contribution < 1.29 is 4.79 Å². The van der Waals surface area contributed by atoms with Crippen molar-refractivity contribution in [3.63, 3.8) is 0 Å². The number of likely N-dealkylation sites (tertiary alicyclic amines) is 1. The molecule has 3 fully saturated rings. The zero-order chi connectivity index (χ0) is 26.3. The molecular formula is C31H28N6O2. The number of pyridine rings is 1. The van der Waals surface area contributed by atoms with Crippen molar-refractivity contribution in [3.8, 4) is 22.5 Å². The number of benzene rings is 2. The Labute approximate surface area is 224 Å². The van der Waals surface area contributed by atoms with Gasteiger partial charge in [-0.1, -0.05) is 36.4 Å². The van der Waals surface area contributed by atoms with E-state index in [1.807, 2.05) is 28.6 Å². The van der Waals surface area contributed by atoms with Crippen LogP contribution in [0.25, 0.3) is 44.5 Å². The zero-order valence-corrected chi connectivity index (χ0v) is 21.7. The Balaban J connectivity index is 1.18. The fourth-order valence-electron chi connectivity index (χ4n) is 6.46. The number of carbonyl (C=O) groups is 1. The Morgan fingerprint density at radius 3 is 2.64 bits per heavy atom. The second-order valence-corrected chi connectivity index (χ2v) is 11.5. The van der Waals surface area contributed by atoms with Crippen LogP contribution < -0.4 is 5.56 Å². The summed E-state index contributed by atoms with van der Waals surface area (Å²) in [5, 5.41) is 5.96. The van der Waals surface area contributed by atoms with E-state index in [0.717, 1.165) is 66.4 Å². The average molecular weight is 517 g/mol. The van der Waals surface area contributed by atoms with Crippen molar-refractivity contribution in [2.75, 3.05) is 13.1 Å². The minimum atomic E-state index is -0.0527. The van der Waals surface area contributed by atoms with Gasteiger partial charge < -0.3 is 4.90 Å². The van der Waals surface area contributed by atoms with E-state index in [1.165, 1.54) is 0 Å². The maximum absolute atomic E-state index is 13.9. The molecule has 8 heteroatoms. The number of fused-ring (bicyclic) bond motifs is 2. The molecule has 0 radical (unpaired) electrons. The molecule has 1 aliphatic heterocycles. The molecule has 0 bridgehead atoms. The molecule has 3 aliphatic rings. The first-order valence-corrected chi connectivity index (χ1v) is 13.7. The van der Waals surface area contributed by atoms with Crippen LogP contribution >= 0.6 is 0 Å². The van der Waals surface area contributed by atoms with E-state index in [0.29, 0.717) is 22.8 Å². The van der Waals surface area contributed by atoms with E-state index >= 15 is 0 Å². The van der Waals surface area contributed by atoms with Crippen LogP contribution in [0.4, 0.5) is 0 Å². The van der Waals surface area contributed by atoms with Crippen molar-refractivity contribution in [2.24, 2.45) is 18.4 Å². The predicted molar refractivity (Wildman–Crippen MR) is 149 cm³/mol. The number of nitrogens with zero attached hydrogens (tertiary/aromatic N) is 6. The molecule has 194 valence electrons. The lowest BCUT2D eigenvalue weighted by Gasteiger charge is -2.18. The third-order valence-electron chi connectivity index (χ3n) is 8.96. The number of aromatic nitrogens is 5. The van der Waals surface area contributed by atoms with Gasteiger partial charge in [-0.15, -0.1) is 0 Å². The summed E-state index contributed by atoms with van der Waals surface area (Å²) >= 11 is 0. The molecule has 1 spiro atoms. The van der Waals surface area contributed by atoms with E-state index in [9.17, 15) is 9.59 Å². The van der Waals surface area contributed by atoms with Gasteiger partial charge in [-0.25, -0.2) is 4.98 Å². The van der Waals surface area contributed by atoms with Crippen molar-refractivity contribution in [2.45, 2.75) is 31.7 Å². The summed E-state index contributed by atoms with van der Waals surface area (Å²) in [4.78, 5) is 38.1. The molecule has 5 aromatic rings. The third kappa shape index (κ3) is 3.54. The third-order valence-corrected chi connectivity index (χ3v) is 8.96. The summed E-state index contributed by atoms with van der Waals surface area (Å²) in [6, 6.07) is 18.6. The second kappa shape index (κ2) is 8.09. The van der Waals surface area contributed by atoms with Crippen LogP contribution in [-0.2, 0) is 11.8 Å². The Hall–Kier alpha value is -4.33. The monoisotopic (exact) mass is 516 g/mol.